The van der Waals surface area contributed by atoms with E-state index in [4.69, 9.17) is 5.11 Å². The third-order valence-corrected chi connectivity index (χ3v) is 4.38. The van der Waals surface area contributed by atoms with Crippen molar-refractivity contribution in [2.75, 3.05) is 19.6 Å². The fourth-order valence-corrected chi connectivity index (χ4v) is 3.21. The standard InChI is InChI=1S/C14H25N3O3/c1-10(4-5-13(18)19)9-15-14(20)16-11-6-8-17-7-2-3-12(11)17/h10-12H,2-9H2,1H3,(H,18,19)(H2,15,16,20). The summed E-state index contributed by atoms with van der Waals surface area (Å²) in [7, 11) is 0. The first-order valence-electron chi connectivity index (χ1n) is 7.56. The van der Waals surface area contributed by atoms with E-state index in [1.165, 1.54) is 12.8 Å². The number of aliphatic carboxylic acids is 1. The van der Waals surface area contributed by atoms with E-state index in [0.29, 0.717) is 19.0 Å². The predicted molar refractivity (Wildman–Crippen MR) is 75.6 cm³/mol. The van der Waals surface area contributed by atoms with Crippen LogP contribution in [0.2, 0.25) is 0 Å². The average molecular weight is 283 g/mol. The second-order valence-electron chi connectivity index (χ2n) is 6.03. The lowest BCUT2D eigenvalue weighted by molar-refractivity contribution is -0.137. The molecule has 2 aliphatic rings. The van der Waals surface area contributed by atoms with Gasteiger partial charge in [-0.3, -0.25) is 9.69 Å². The number of hydrogen-bond acceptors (Lipinski definition) is 3. The van der Waals surface area contributed by atoms with Gasteiger partial charge >= 0.3 is 12.0 Å². The second kappa shape index (κ2) is 6.92. The maximum Gasteiger partial charge on any atom is 0.315 e. The molecule has 2 rings (SSSR count). The topological polar surface area (TPSA) is 81.7 Å². The number of hydrogen-bond donors (Lipinski definition) is 3. The van der Waals surface area contributed by atoms with E-state index in [0.717, 1.165) is 19.5 Å². The molecule has 2 aliphatic heterocycles. The molecule has 2 fully saturated rings. The molecule has 0 spiro atoms. The van der Waals surface area contributed by atoms with Crippen molar-refractivity contribution >= 4 is 12.0 Å². The number of carbonyl (C=O) groups is 2. The zero-order valence-electron chi connectivity index (χ0n) is 12.1. The summed E-state index contributed by atoms with van der Waals surface area (Å²) in [4.78, 5) is 24.8. The molecule has 3 atom stereocenters. The predicted octanol–water partition coefficient (Wildman–Crippen LogP) is 1.02. The number of fused-ring (bicyclic) bond motifs is 1. The number of carboxylic acid groups (broad SMARTS) is 1. The highest BCUT2D eigenvalue weighted by molar-refractivity contribution is 5.74. The highest BCUT2D eigenvalue weighted by Gasteiger charge is 2.37. The number of nitrogens with one attached hydrogen (secondary N) is 2. The molecule has 3 N–H and O–H groups in total. The van der Waals surface area contributed by atoms with Crippen LogP contribution in [0.15, 0.2) is 0 Å². The smallest absolute Gasteiger partial charge is 0.315 e. The molecule has 2 saturated heterocycles. The Hall–Kier alpha value is -1.30. The van der Waals surface area contributed by atoms with Crippen molar-refractivity contribution in [2.45, 2.75) is 51.1 Å². The minimum atomic E-state index is -0.784. The van der Waals surface area contributed by atoms with Gasteiger partial charge in [0.2, 0.25) is 0 Å². The number of amides is 2. The van der Waals surface area contributed by atoms with E-state index in [2.05, 4.69) is 15.5 Å². The van der Waals surface area contributed by atoms with Gasteiger partial charge in [0.1, 0.15) is 0 Å². The summed E-state index contributed by atoms with van der Waals surface area (Å²) in [6, 6.07) is 0.669. The molecule has 0 radical (unpaired) electrons. The van der Waals surface area contributed by atoms with Gasteiger partial charge in [-0.25, -0.2) is 4.79 Å². The Morgan fingerprint density at radius 1 is 1.35 bits per heavy atom. The summed E-state index contributed by atoms with van der Waals surface area (Å²) in [6.07, 6.45) is 4.20. The van der Waals surface area contributed by atoms with Gasteiger partial charge in [0.05, 0.1) is 0 Å². The first kappa shape index (κ1) is 15.1. The molecule has 2 heterocycles. The lowest BCUT2D eigenvalue weighted by Crippen LogP contribution is -2.47. The third kappa shape index (κ3) is 4.10. The van der Waals surface area contributed by atoms with Crippen LogP contribution in [0.25, 0.3) is 0 Å². The minimum Gasteiger partial charge on any atom is -0.481 e. The lowest BCUT2D eigenvalue weighted by atomic mass is 10.1. The minimum absolute atomic E-state index is 0.120. The Morgan fingerprint density at radius 2 is 2.15 bits per heavy atom. The molecule has 3 unspecified atom stereocenters. The normalized spacial score (nSPS) is 27.1. The Balaban J connectivity index is 1.64. The Labute approximate surface area is 119 Å². The zero-order valence-corrected chi connectivity index (χ0v) is 12.1. The Kier molecular flexibility index (Phi) is 5.23. The fraction of sp³-hybridized carbons (Fsp3) is 0.857. The molecule has 6 nitrogen and oxygen atoms in total. The average Bonchev–Trinajstić information content (AvgIpc) is 2.99. The van der Waals surface area contributed by atoms with E-state index in [-0.39, 0.29) is 24.4 Å². The quantitative estimate of drug-likeness (QED) is 0.680. The van der Waals surface area contributed by atoms with Crippen LogP contribution in [0.3, 0.4) is 0 Å². The summed E-state index contributed by atoms with van der Waals surface area (Å²) in [5, 5.41) is 14.5. The molecular formula is C14H25N3O3. The van der Waals surface area contributed by atoms with E-state index >= 15 is 0 Å². The van der Waals surface area contributed by atoms with Crippen molar-refractivity contribution in [3.63, 3.8) is 0 Å². The van der Waals surface area contributed by atoms with Crippen LogP contribution in [-0.2, 0) is 4.79 Å². The Morgan fingerprint density at radius 3 is 2.90 bits per heavy atom. The van der Waals surface area contributed by atoms with Crippen molar-refractivity contribution in [2.24, 2.45) is 5.92 Å². The molecule has 2 amide bonds. The number of carbonyl (C=O) groups excluding carboxylic acids is 1. The first-order valence-corrected chi connectivity index (χ1v) is 7.56. The number of urea groups is 1. The molecule has 0 aliphatic carbocycles. The van der Waals surface area contributed by atoms with E-state index in [1.807, 2.05) is 6.92 Å². The molecular weight excluding hydrogens is 258 g/mol. The van der Waals surface area contributed by atoms with Gasteiger partial charge in [0, 0.05) is 31.6 Å². The molecule has 20 heavy (non-hydrogen) atoms. The number of rotatable bonds is 6. The first-order chi connectivity index (χ1) is 9.56. The molecule has 0 aromatic heterocycles. The summed E-state index contributed by atoms with van der Waals surface area (Å²) >= 11 is 0. The van der Waals surface area contributed by atoms with Crippen molar-refractivity contribution in [1.29, 1.82) is 0 Å². The van der Waals surface area contributed by atoms with Crippen LogP contribution in [0.1, 0.15) is 39.0 Å². The molecule has 114 valence electrons. The van der Waals surface area contributed by atoms with Gasteiger partial charge in [-0.05, 0) is 38.1 Å². The van der Waals surface area contributed by atoms with E-state index in [9.17, 15) is 9.59 Å². The van der Waals surface area contributed by atoms with Gasteiger partial charge in [0.15, 0.2) is 0 Å². The van der Waals surface area contributed by atoms with Gasteiger partial charge < -0.3 is 15.7 Å². The van der Waals surface area contributed by atoms with Crippen molar-refractivity contribution < 1.29 is 14.7 Å². The second-order valence-corrected chi connectivity index (χ2v) is 6.03. The molecule has 0 bridgehead atoms. The molecule has 0 saturated carbocycles. The maximum absolute atomic E-state index is 11.9. The Bertz CT molecular complexity index is 362. The monoisotopic (exact) mass is 283 g/mol. The largest absolute Gasteiger partial charge is 0.481 e. The van der Waals surface area contributed by atoms with Crippen LogP contribution in [0.5, 0.6) is 0 Å². The molecule has 0 aromatic rings. The highest BCUT2D eigenvalue weighted by Crippen LogP contribution is 2.27. The van der Waals surface area contributed by atoms with Crippen LogP contribution in [0.4, 0.5) is 4.79 Å². The highest BCUT2D eigenvalue weighted by atomic mass is 16.4. The van der Waals surface area contributed by atoms with Crippen LogP contribution < -0.4 is 10.6 Å². The summed E-state index contributed by atoms with van der Waals surface area (Å²) in [5.74, 6) is -0.600. The van der Waals surface area contributed by atoms with Crippen LogP contribution >= 0.6 is 0 Å². The summed E-state index contributed by atoms with van der Waals surface area (Å²) < 4.78 is 0. The van der Waals surface area contributed by atoms with Crippen molar-refractivity contribution in [3.8, 4) is 0 Å². The SMILES string of the molecule is CC(CCC(=O)O)CNC(=O)NC1CCN2CCCC12. The van der Waals surface area contributed by atoms with Crippen molar-refractivity contribution in [3.05, 3.63) is 0 Å². The lowest BCUT2D eigenvalue weighted by Gasteiger charge is -2.22. The van der Waals surface area contributed by atoms with E-state index < -0.39 is 5.97 Å². The molecule has 0 aromatic carbocycles. The summed E-state index contributed by atoms with van der Waals surface area (Å²) in [6.45, 7) is 4.74. The van der Waals surface area contributed by atoms with Gasteiger partial charge in [0.25, 0.3) is 0 Å². The zero-order chi connectivity index (χ0) is 14.5. The summed E-state index contributed by atoms with van der Waals surface area (Å²) in [5.41, 5.74) is 0. The number of carboxylic acids is 1. The van der Waals surface area contributed by atoms with Gasteiger partial charge in [-0.15, -0.1) is 0 Å². The van der Waals surface area contributed by atoms with Crippen LogP contribution in [-0.4, -0.2) is 53.7 Å². The fourth-order valence-electron chi connectivity index (χ4n) is 3.21. The van der Waals surface area contributed by atoms with E-state index in [1.54, 1.807) is 0 Å². The van der Waals surface area contributed by atoms with Crippen molar-refractivity contribution in [1.82, 2.24) is 15.5 Å². The van der Waals surface area contributed by atoms with Gasteiger partial charge in [-0.2, -0.15) is 0 Å². The third-order valence-electron chi connectivity index (χ3n) is 4.38. The number of nitrogens with zero attached hydrogens (tertiary/aromatic N) is 1. The van der Waals surface area contributed by atoms with Gasteiger partial charge in [-0.1, -0.05) is 6.92 Å². The molecule has 6 heteroatoms. The van der Waals surface area contributed by atoms with Crippen LogP contribution in [0, 0.1) is 5.92 Å². The maximum atomic E-state index is 11.9.